The Kier molecular flexibility index (Phi) is 20.6. The monoisotopic (exact) mass is 1030 g/mol. The first kappa shape index (κ1) is 56.0. The highest BCUT2D eigenvalue weighted by atomic mass is 16.5. The Labute approximate surface area is 433 Å². The fraction of sp³-hybridized carbons (Fsp3) is 0.423. The quantitative estimate of drug-likeness (QED) is 0.0385. The van der Waals surface area contributed by atoms with Crippen molar-refractivity contribution in [3.05, 3.63) is 108 Å². The summed E-state index contributed by atoms with van der Waals surface area (Å²) in [5.74, 6) is -6.87. The van der Waals surface area contributed by atoms with Crippen LogP contribution < -0.4 is 54.4 Å². The zero-order chi connectivity index (χ0) is 53.9. The molecule has 0 saturated carbocycles. The number of nitrogens with one attached hydrogen (secondary N) is 8. The fourth-order valence-corrected chi connectivity index (χ4v) is 9.00. The molecule has 9 amide bonds. The molecule has 0 bridgehead atoms. The number of guanidine groups is 1. The summed E-state index contributed by atoms with van der Waals surface area (Å²) in [6.45, 7) is 0.714. The Bertz CT molecular complexity index is 2680. The molecule has 0 radical (unpaired) electrons. The molecule has 3 aromatic carbocycles. The number of amides is 9. The molecule has 2 aliphatic rings. The standard InChI is InChI=1S/C52H67N13O10/c1-31(66)60-39(20-12-22-57-52(54)55)48(71)64-42-26-44(67)56-21-11-10-19-38(46(53)69)62-49(72)41(24-34-27-58-37-18-9-8-17-36(34)37)61-45(68)28-59-47(70)40(23-32-13-4-2-5-14-32)63-50(73)43-25-35(29-65(43)51(42)74)75-30-33-15-6-3-7-16-33/h2-9,13-18,27,35,38-43,58H,10-12,19-26,28-30H2,1H3,(H2,53,69)(H,56,67)(H,59,70)(H,60,66)(H,61,68)(H,62,72)(H,63,73)(H,64,71)(H4,54,55,57)/t35?,38?,39-,40?,41-,42?,43-/m0/s1. The molecule has 14 N–H and O–H groups in total. The van der Waals surface area contributed by atoms with Crippen LogP contribution in [0.2, 0.25) is 0 Å². The van der Waals surface area contributed by atoms with Crippen molar-refractivity contribution in [2.45, 2.75) is 114 Å². The molecular weight excluding hydrogens is 967 g/mol. The summed E-state index contributed by atoms with van der Waals surface area (Å²) in [6.07, 6.45) is 1.15. The number of H-pyrrole nitrogens is 1. The van der Waals surface area contributed by atoms with Gasteiger partial charge in [-0.1, -0.05) is 78.9 Å². The van der Waals surface area contributed by atoms with E-state index in [4.69, 9.17) is 21.9 Å². The number of carbonyl (C=O) groups excluding carboxylic acids is 9. The van der Waals surface area contributed by atoms with Crippen molar-refractivity contribution in [1.29, 1.82) is 0 Å². The number of hydrogen-bond acceptors (Lipinski definition) is 11. The van der Waals surface area contributed by atoms with Gasteiger partial charge in [0.15, 0.2) is 5.96 Å². The zero-order valence-corrected chi connectivity index (χ0v) is 41.8. The third-order valence-corrected chi connectivity index (χ3v) is 12.8. The van der Waals surface area contributed by atoms with E-state index in [1.165, 1.54) is 11.8 Å². The number of primary amides is 1. The molecular formula is C52H67N13O10. The fourth-order valence-electron chi connectivity index (χ4n) is 9.00. The Balaban J connectivity index is 1.32. The van der Waals surface area contributed by atoms with E-state index in [9.17, 15) is 43.2 Å². The molecule has 7 atom stereocenters. The number of carbonyl (C=O) groups is 9. The van der Waals surface area contributed by atoms with Crippen LogP contribution in [0.5, 0.6) is 0 Å². The number of ether oxygens (including phenoxy) is 1. The Morgan fingerprint density at radius 3 is 2.19 bits per heavy atom. The van der Waals surface area contributed by atoms with Gasteiger partial charge in [-0.15, -0.1) is 0 Å². The van der Waals surface area contributed by atoms with E-state index in [0.29, 0.717) is 11.1 Å². The molecule has 1 aromatic heterocycles. The van der Waals surface area contributed by atoms with E-state index < -0.39 is 108 Å². The summed E-state index contributed by atoms with van der Waals surface area (Å²) < 4.78 is 6.26. The predicted octanol–water partition coefficient (Wildman–Crippen LogP) is -1.07. The predicted molar refractivity (Wildman–Crippen MR) is 276 cm³/mol. The molecule has 0 spiro atoms. The average molecular weight is 1030 g/mol. The average Bonchev–Trinajstić information content (AvgIpc) is 4.01. The highest BCUT2D eigenvalue weighted by Gasteiger charge is 2.44. The molecule has 0 aliphatic carbocycles. The first-order chi connectivity index (χ1) is 36.0. The van der Waals surface area contributed by atoms with Crippen molar-refractivity contribution < 1.29 is 47.9 Å². The number of fused-ring (bicyclic) bond motifs is 2. The number of aromatic amines is 1. The van der Waals surface area contributed by atoms with E-state index in [2.05, 4.69) is 47.2 Å². The minimum absolute atomic E-state index is 0.0127. The molecule has 4 unspecified atom stereocenters. The summed E-state index contributed by atoms with van der Waals surface area (Å²) in [7, 11) is 0. The van der Waals surface area contributed by atoms with Crippen molar-refractivity contribution in [2.24, 2.45) is 22.2 Å². The molecule has 3 heterocycles. The van der Waals surface area contributed by atoms with Crippen LogP contribution in [-0.2, 0) is 67.3 Å². The smallest absolute Gasteiger partial charge is 0.246 e. The number of benzene rings is 3. The molecule has 400 valence electrons. The number of aromatic nitrogens is 1. The van der Waals surface area contributed by atoms with E-state index in [-0.39, 0.29) is 83.6 Å². The van der Waals surface area contributed by atoms with Gasteiger partial charge in [-0.3, -0.25) is 48.1 Å². The lowest BCUT2D eigenvalue weighted by Gasteiger charge is -2.30. The van der Waals surface area contributed by atoms with Gasteiger partial charge in [0.2, 0.25) is 53.2 Å². The maximum absolute atomic E-state index is 15.0. The van der Waals surface area contributed by atoms with Gasteiger partial charge in [0.1, 0.15) is 36.3 Å². The molecule has 23 nitrogen and oxygen atoms in total. The second-order valence-electron chi connectivity index (χ2n) is 18.6. The lowest BCUT2D eigenvalue weighted by molar-refractivity contribution is -0.143. The van der Waals surface area contributed by atoms with Gasteiger partial charge in [0, 0.05) is 62.9 Å². The number of nitrogens with zero attached hydrogens (tertiary/aromatic N) is 2. The lowest BCUT2D eigenvalue weighted by Crippen LogP contribution is -2.59. The van der Waals surface area contributed by atoms with Crippen LogP contribution in [0, 0.1) is 0 Å². The highest BCUT2D eigenvalue weighted by Crippen LogP contribution is 2.25. The van der Waals surface area contributed by atoms with Crippen LogP contribution in [0.3, 0.4) is 0 Å². The van der Waals surface area contributed by atoms with Crippen LogP contribution in [0.25, 0.3) is 10.9 Å². The van der Waals surface area contributed by atoms with Crippen LogP contribution in [0.15, 0.2) is 96.1 Å². The third-order valence-electron chi connectivity index (χ3n) is 12.8. The summed E-state index contributed by atoms with van der Waals surface area (Å²) >= 11 is 0. The minimum Gasteiger partial charge on any atom is -0.372 e. The van der Waals surface area contributed by atoms with E-state index in [1.54, 1.807) is 36.5 Å². The van der Waals surface area contributed by atoms with Gasteiger partial charge in [-0.05, 0) is 54.9 Å². The maximum Gasteiger partial charge on any atom is 0.246 e. The van der Waals surface area contributed by atoms with Crippen molar-refractivity contribution in [3.63, 3.8) is 0 Å². The number of rotatable bonds is 15. The first-order valence-corrected chi connectivity index (χ1v) is 25.0. The SMILES string of the molecule is CC(=O)N[C@@H](CCCN=C(N)N)C(=O)NC1CC(=O)NCCCCC(C(N)=O)NC(=O)[C@H](Cc2c[nH]c3ccccc23)NC(=O)CNC(=O)C(Cc2ccccc2)NC(=O)[C@@H]2CC(OCc3ccccc3)CN2C1=O. The van der Waals surface area contributed by atoms with Gasteiger partial charge in [-0.25, -0.2) is 0 Å². The molecule has 6 rings (SSSR count). The number of aliphatic imine (C=N–C) groups is 1. The topological polar surface area (TPSA) is 357 Å². The van der Waals surface area contributed by atoms with Gasteiger partial charge >= 0.3 is 0 Å². The number of hydrogen-bond donors (Lipinski definition) is 11. The van der Waals surface area contributed by atoms with Gasteiger partial charge < -0.3 is 69.0 Å². The molecule has 75 heavy (non-hydrogen) atoms. The lowest BCUT2D eigenvalue weighted by atomic mass is 10.0. The van der Waals surface area contributed by atoms with Gasteiger partial charge in [0.05, 0.1) is 25.7 Å². The Hall–Kier alpha value is -8.34. The third kappa shape index (κ3) is 17.1. The van der Waals surface area contributed by atoms with Gasteiger partial charge in [0.25, 0.3) is 0 Å². The van der Waals surface area contributed by atoms with Crippen molar-refractivity contribution in [2.75, 3.05) is 26.2 Å². The minimum atomic E-state index is -1.59. The zero-order valence-electron chi connectivity index (χ0n) is 41.8. The van der Waals surface area contributed by atoms with Gasteiger partial charge in [-0.2, -0.15) is 0 Å². The van der Waals surface area contributed by atoms with E-state index >= 15 is 0 Å². The Morgan fingerprint density at radius 1 is 0.787 bits per heavy atom. The second-order valence-corrected chi connectivity index (χ2v) is 18.6. The highest BCUT2D eigenvalue weighted by molar-refractivity contribution is 5.99. The Morgan fingerprint density at radius 2 is 1.48 bits per heavy atom. The normalized spacial score (nSPS) is 22.0. The summed E-state index contributed by atoms with van der Waals surface area (Å²) in [5.41, 5.74) is 19.6. The summed E-state index contributed by atoms with van der Waals surface area (Å²) in [6, 6.07) is 17.5. The maximum atomic E-state index is 15.0. The summed E-state index contributed by atoms with van der Waals surface area (Å²) in [5, 5.41) is 19.5. The van der Waals surface area contributed by atoms with Crippen molar-refractivity contribution >= 4 is 70.0 Å². The molecule has 2 saturated heterocycles. The van der Waals surface area contributed by atoms with Crippen molar-refractivity contribution in [3.8, 4) is 0 Å². The first-order valence-electron chi connectivity index (χ1n) is 25.0. The van der Waals surface area contributed by atoms with E-state index in [1.807, 2.05) is 54.6 Å². The van der Waals surface area contributed by atoms with Crippen LogP contribution >= 0.6 is 0 Å². The molecule has 2 fully saturated rings. The molecule has 23 heteroatoms. The second kappa shape index (κ2) is 27.6. The summed E-state index contributed by atoms with van der Waals surface area (Å²) in [4.78, 5) is 133. The van der Waals surface area contributed by atoms with Crippen LogP contribution in [-0.4, -0.2) is 138 Å². The van der Waals surface area contributed by atoms with Crippen molar-refractivity contribution in [1.82, 2.24) is 47.1 Å². The molecule has 4 aromatic rings. The number of para-hydroxylation sites is 1. The van der Waals surface area contributed by atoms with Crippen LogP contribution in [0.4, 0.5) is 0 Å². The largest absolute Gasteiger partial charge is 0.372 e. The molecule has 2 aliphatic heterocycles. The van der Waals surface area contributed by atoms with E-state index in [0.717, 1.165) is 16.5 Å². The van der Waals surface area contributed by atoms with Crippen LogP contribution in [0.1, 0.15) is 68.6 Å². The number of nitrogens with two attached hydrogens (primary N) is 3.